The summed E-state index contributed by atoms with van der Waals surface area (Å²) in [6.45, 7) is 17.7. The lowest BCUT2D eigenvalue weighted by atomic mass is 10.0. The van der Waals surface area contributed by atoms with E-state index in [0.29, 0.717) is 5.92 Å². The van der Waals surface area contributed by atoms with E-state index >= 15 is 0 Å². The van der Waals surface area contributed by atoms with Gasteiger partial charge in [-0.1, -0.05) is 39.3 Å². The van der Waals surface area contributed by atoms with Crippen LogP contribution in [0.5, 0.6) is 0 Å². The van der Waals surface area contributed by atoms with Crippen LogP contribution >= 0.6 is 0 Å². The third kappa shape index (κ3) is 5.36. The van der Waals surface area contributed by atoms with Gasteiger partial charge in [0.25, 0.3) is 0 Å². The summed E-state index contributed by atoms with van der Waals surface area (Å²) in [5.74, 6) is 0.344. The molecule has 0 aliphatic rings. The van der Waals surface area contributed by atoms with Crippen LogP contribution in [0.3, 0.4) is 0 Å². The van der Waals surface area contributed by atoms with Gasteiger partial charge in [0, 0.05) is 6.10 Å². The van der Waals surface area contributed by atoms with E-state index in [0.717, 1.165) is 5.57 Å². The first kappa shape index (κ1) is 16.9. The summed E-state index contributed by atoms with van der Waals surface area (Å²) in [5, 5.41) is 9.27. The molecule has 0 unspecified atom stereocenters. The lowest BCUT2D eigenvalue weighted by Gasteiger charge is -2.39. The molecule has 0 saturated carbocycles. The molecule has 2 nitrogen and oxygen atoms in total. The second kappa shape index (κ2) is 6.16. The molecule has 0 amide bonds. The molecule has 3 heteroatoms. The molecular weight excluding hydrogens is 228 g/mol. The minimum absolute atomic E-state index is 0.136. The standard InChI is InChI=1S/C14H30O2Si/c1-11(10-15)9-12(2)13(3)16-17(7,8)14(4,5)6/h9,12-13,15H,10H2,1-8H3/b11-9-/t12-,13-/m1/s1. The maximum absolute atomic E-state index is 9.03. The monoisotopic (exact) mass is 258 g/mol. The fraction of sp³-hybridized carbons (Fsp3) is 0.857. The largest absolute Gasteiger partial charge is 0.414 e. The molecule has 2 atom stereocenters. The van der Waals surface area contributed by atoms with Crippen LogP contribution in [0.2, 0.25) is 18.1 Å². The van der Waals surface area contributed by atoms with E-state index in [9.17, 15) is 0 Å². The zero-order chi connectivity index (χ0) is 13.9. The lowest BCUT2D eigenvalue weighted by molar-refractivity contribution is 0.163. The number of hydrogen-bond donors (Lipinski definition) is 1. The Morgan fingerprint density at radius 2 is 1.76 bits per heavy atom. The van der Waals surface area contributed by atoms with Gasteiger partial charge in [0.1, 0.15) is 0 Å². The SMILES string of the molecule is C/C(=C/[C@@H](C)[C@@H](C)O[Si](C)(C)C(C)(C)C)CO. The summed E-state index contributed by atoms with van der Waals surface area (Å²) >= 11 is 0. The van der Waals surface area contributed by atoms with Crippen molar-refractivity contribution in [2.45, 2.75) is 65.8 Å². The first-order valence-electron chi connectivity index (χ1n) is 6.47. The second-order valence-corrected chi connectivity index (χ2v) is 11.4. The minimum Gasteiger partial charge on any atom is -0.414 e. The molecule has 0 aliphatic heterocycles. The second-order valence-electron chi connectivity index (χ2n) is 6.61. The van der Waals surface area contributed by atoms with Gasteiger partial charge in [-0.2, -0.15) is 0 Å². The molecule has 0 bridgehead atoms. The summed E-state index contributed by atoms with van der Waals surface area (Å²) < 4.78 is 6.32. The van der Waals surface area contributed by atoms with Gasteiger partial charge in [-0.25, -0.2) is 0 Å². The molecule has 0 rings (SSSR count). The van der Waals surface area contributed by atoms with E-state index in [1.54, 1.807) is 0 Å². The third-order valence-electron chi connectivity index (χ3n) is 3.82. The van der Waals surface area contributed by atoms with E-state index < -0.39 is 8.32 Å². The van der Waals surface area contributed by atoms with Crippen molar-refractivity contribution in [3.63, 3.8) is 0 Å². The van der Waals surface area contributed by atoms with Gasteiger partial charge in [0.05, 0.1) is 6.61 Å². The molecular formula is C14H30O2Si. The van der Waals surface area contributed by atoms with E-state index in [1.807, 2.05) is 6.92 Å². The molecule has 0 aromatic rings. The average molecular weight is 258 g/mol. The number of aliphatic hydroxyl groups is 1. The predicted octanol–water partition coefficient (Wildman–Crippen LogP) is 3.97. The topological polar surface area (TPSA) is 29.5 Å². The Labute approximate surface area is 108 Å². The summed E-state index contributed by atoms with van der Waals surface area (Å²) in [5.41, 5.74) is 1.02. The van der Waals surface area contributed by atoms with Crippen molar-refractivity contribution in [2.24, 2.45) is 5.92 Å². The molecule has 0 fully saturated rings. The normalized spacial score (nSPS) is 18.1. The molecule has 0 heterocycles. The van der Waals surface area contributed by atoms with Crippen molar-refractivity contribution < 1.29 is 9.53 Å². The lowest BCUT2D eigenvalue weighted by Crippen LogP contribution is -2.44. The Bertz CT molecular complexity index is 264. The van der Waals surface area contributed by atoms with Crippen LogP contribution in [-0.4, -0.2) is 26.1 Å². The molecule has 0 saturated heterocycles. The zero-order valence-electron chi connectivity index (χ0n) is 12.8. The molecule has 102 valence electrons. The highest BCUT2D eigenvalue weighted by Crippen LogP contribution is 2.38. The summed E-state index contributed by atoms with van der Waals surface area (Å²) in [6.07, 6.45) is 2.31. The van der Waals surface area contributed by atoms with Gasteiger partial charge >= 0.3 is 0 Å². The Kier molecular flexibility index (Phi) is 6.12. The van der Waals surface area contributed by atoms with E-state index in [4.69, 9.17) is 9.53 Å². The molecule has 0 aliphatic carbocycles. The van der Waals surface area contributed by atoms with Crippen molar-refractivity contribution in [3.05, 3.63) is 11.6 Å². The van der Waals surface area contributed by atoms with Crippen LogP contribution < -0.4 is 0 Å². The Balaban J connectivity index is 4.60. The van der Waals surface area contributed by atoms with Crippen LogP contribution in [0.1, 0.15) is 41.5 Å². The molecule has 1 N–H and O–H groups in total. The highest BCUT2D eigenvalue weighted by atomic mass is 28.4. The number of rotatable bonds is 5. The van der Waals surface area contributed by atoms with E-state index in [2.05, 4.69) is 53.8 Å². The van der Waals surface area contributed by atoms with Crippen LogP contribution in [-0.2, 0) is 4.43 Å². The van der Waals surface area contributed by atoms with Crippen molar-refractivity contribution in [2.75, 3.05) is 6.61 Å². The molecule has 0 aromatic carbocycles. The van der Waals surface area contributed by atoms with Crippen molar-refractivity contribution in [1.82, 2.24) is 0 Å². The van der Waals surface area contributed by atoms with Gasteiger partial charge in [-0.15, -0.1) is 0 Å². The van der Waals surface area contributed by atoms with Crippen LogP contribution in [0, 0.1) is 5.92 Å². The molecule has 0 radical (unpaired) electrons. The quantitative estimate of drug-likeness (QED) is 0.597. The fourth-order valence-corrected chi connectivity index (χ4v) is 2.88. The molecule has 0 spiro atoms. The highest BCUT2D eigenvalue weighted by molar-refractivity contribution is 6.74. The predicted molar refractivity (Wildman–Crippen MR) is 77.8 cm³/mol. The van der Waals surface area contributed by atoms with Crippen LogP contribution in [0.15, 0.2) is 11.6 Å². The Hall–Kier alpha value is -0.123. The van der Waals surface area contributed by atoms with Crippen molar-refractivity contribution in [1.29, 1.82) is 0 Å². The zero-order valence-corrected chi connectivity index (χ0v) is 13.8. The summed E-state index contributed by atoms with van der Waals surface area (Å²) in [7, 11) is -1.68. The Morgan fingerprint density at radius 1 is 1.29 bits per heavy atom. The smallest absolute Gasteiger partial charge is 0.192 e. The van der Waals surface area contributed by atoms with E-state index in [-0.39, 0.29) is 17.7 Å². The maximum Gasteiger partial charge on any atom is 0.192 e. The van der Waals surface area contributed by atoms with Crippen molar-refractivity contribution >= 4 is 8.32 Å². The number of hydrogen-bond acceptors (Lipinski definition) is 2. The maximum atomic E-state index is 9.03. The van der Waals surface area contributed by atoms with Crippen LogP contribution in [0.4, 0.5) is 0 Å². The number of aliphatic hydroxyl groups excluding tert-OH is 1. The van der Waals surface area contributed by atoms with Gasteiger partial charge in [-0.05, 0) is 37.9 Å². The van der Waals surface area contributed by atoms with Gasteiger partial charge in [0.2, 0.25) is 0 Å². The fourth-order valence-electron chi connectivity index (χ4n) is 1.39. The Morgan fingerprint density at radius 3 is 2.12 bits per heavy atom. The summed E-state index contributed by atoms with van der Waals surface area (Å²) in [4.78, 5) is 0. The van der Waals surface area contributed by atoms with Gasteiger partial charge < -0.3 is 9.53 Å². The van der Waals surface area contributed by atoms with Crippen LogP contribution in [0.25, 0.3) is 0 Å². The third-order valence-corrected chi connectivity index (χ3v) is 8.40. The molecule has 17 heavy (non-hydrogen) atoms. The molecule has 0 aromatic heterocycles. The van der Waals surface area contributed by atoms with E-state index in [1.165, 1.54) is 0 Å². The average Bonchev–Trinajstić information content (AvgIpc) is 2.14. The highest BCUT2D eigenvalue weighted by Gasteiger charge is 2.38. The van der Waals surface area contributed by atoms with Gasteiger partial charge in [-0.3, -0.25) is 0 Å². The van der Waals surface area contributed by atoms with Crippen molar-refractivity contribution in [3.8, 4) is 0 Å². The summed E-state index contributed by atoms with van der Waals surface area (Å²) in [6, 6.07) is 0. The van der Waals surface area contributed by atoms with Gasteiger partial charge in [0.15, 0.2) is 8.32 Å². The first-order valence-corrected chi connectivity index (χ1v) is 9.38. The minimum atomic E-state index is -1.68. The first-order chi connectivity index (χ1) is 7.51.